The van der Waals surface area contributed by atoms with E-state index in [0.29, 0.717) is 13.0 Å². The lowest BCUT2D eigenvalue weighted by molar-refractivity contribution is -0.0496. The van der Waals surface area contributed by atoms with Gasteiger partial charge in [-0.05, 0) is 6.42 Å². The lowest BCUT2D eigenvalue weighted by atomic mass is 9.73. The SMILES string of the molecule is NC1C2CCOC2C1NS(=O)(=O)C(F)(F)F. The monoisotopic (exact) mass is 260 g/mol. The van der Waals surface area contributed by atoms with Crippen molar-refractivity contribution in [3.63, 3.8) is 0 Å². The number of alkyl halides is 3. The van der Waals surface area contributed by atoms with Gasteiger partial charge in [-0.1, -0.05) is 0 Å². The maximum atomic E-state index is 12.1. The molecule has 1 aliphatic heterocycles. The zero-order valence-corrected chi connectivity index (χ0v) is 8.88. The Morgan fingerprint density at radius 3 is 2.56 bits per heavy atom. The molecule has 1 saturated carbocycles. The van der Waals surface area contributed by atoms with Crippen LogP contribution in [0, 0.1) is 5.92 Å². The highest BCUT2D eigenvalue weighted by Crippen LogP contribution is 2.38. The Kier molecular flexibility index (Phi) is 2.69. The number of hydrogen-bond acceptors (Lipinski definition) is 4. The minimum atomic E-state index is -5.34. The predicted molar refractivity (Wildman–Crippen MR) is 47.7 cm³/mol. The van der Waals surface area contributed by atoms with Gasteiger partial charge in [0.2, 0.25) is 0 Å². The first-order chi connectivity index (χ1) is 7.24. The Morgan fingerprint density at radius 2 is 2.00 bits per heavy atom. The van der Waals surface area contributed by atoms with Gasteiger partial charge >= 0.3 is 15.5 Å². The Labute approximate surface area is 90.2 Å². The van der Waals surface area contributed by atoms with Crippen molar-refractivity contribution in [3.8, 4) is 0 Å². The average molecular weight is 260 g/mol. The molecule has 5 nitrogen and oxygen atoms in total. The lowest BCUT2D eigenvalue weighted by Crippen LogP contribution is -2.69. The van der Waals surface area contributed by atoms with Gasteiger partial charge in [0.25, 0.3) is 0 Å². The molecule has 2 aliphatic rings. The fourth-order valence-electron chi connectivity index (χ4n) is 2.14. The summed E-state index contributed by atoms with van der Waals surface area (Å²) in [7, 11) is -5.34. The third-order valence-corrected chi connectivity index (χ3v) is 4.23. The van der Waals surface area contributed by atoms with Crippen LogP contribution < -0.4 is 10.5 Å². The molecule has 0 bridgehead atoms. The summed E-state index contributed by atoms with van der Waals surface area (Å²) in [5.41, 5.74) is 0.275. The van der Waals surface area contributed by atoms with Crippen LogP contribution in [0.1, 0.15) is 6.42 Å². The summed E-state index contributed by atoms with van der Waals surface area (Å²) in [6.45, 7) is 0.410. The van der Waals surface area contributed by atoms with Crippen LogP contribution in [0.15, 0.2) is 0 Å². The Balaban J connectivity index is 2.07. The van der Waals surface area contributed by atoms with E-state index in [2.05, 4.69) is 0 Å². The number of nitrogens with two attached hydrogens (primary N) is 1. The van der Waals surface area contributed by atoms with Crippen LogP contribution in [-0.4, -0.2) is 38.7 Å². The standard InChI is InChI=1S/C7H11F3N2O3S/c8-7(9,10)16(13,14)12-5-4(11)3-1-2-15-6(3)5/h3-6,12H,1-2,11H2. The van der Waals surface area contributed by atoms with Crippen molar-refractivity contribution in [1.82, 2.24) is 4.72 Å². The Hall–Kier alpha value is -0.380. The molecule has 1 heterocycles. The molecule has 4 atom stereocenters. The van der Waals surface area contributed by atoms with Crippen molar-refractivity contribution < 1.29 is 26.3 Å². The van der Waals surface area contributed by atoms with Gasteiger partial charge < -0.3 is 10.5 Å². The number of nitrogens with one attached hydrogen (secondary N) is 1. The first-order valence-corrected chi connectivity index (χ1v) is 6.18. The molecule has 94 valence electrons. The van der Waals surface area contributed by atoms with E-state index >= 15 is 0 Å². The van der Waals surface area contributed by atoms with E-state index in [-0.39, 0.29) is 5.92 Å². The summed E-state index contributed by atoms with van der Waals surface area (Å²) < 4.78 is 64.6. The lowest BCUT2D eigenvalue weighted by Gasteiger charge is -2.45. The van der Waals surface area contributed by atoms with Crippen LogP contribution in [0.2, 0.25) is 0 Å². The van der Waals surface area contributed by atoms with Crippen molar-refractivity contribution in [1.29, 1.82) is 0 Å². The quantitative estimate of drug-likeness (QED) is 0.704. The Bertz CT molecular complexity index is 383. The molecule has 0 radical (unpaired) electrons. The van der Waals surface area contributed by atoms with Gasteiger partial charge in [0.1, 0.15) is 0 Å². The van der Waals surface area contributed by atoms with Gasteiger partial charge in [-0.15, -0.1) is 0 Å². The molecule has 0 aromatic rings. The van der Waals surface area contributed by atoms with E-state index in [1.54, 1.807) is 4.72 Å². The van der Waals surface area contributed by atoms with Crippen molar-refractivity contribution >= 4 is 10.0 Å². The molecule has 3 N–H and O–H groups in total. The summed E-state index contributed by atoms with van der Waals surface area (Å²) in [4.78, 5) is 0. The van der Waals surface area contributed by atoms with E-state index in [9.17, 15) is 21.6 Å². The van der Waals surface area contributed by atoms with Crippen molar-refractivity contribution in [2.24, 2.45) is 11.7 Å². The molecule has 2 rings (SSSR count). The molecule has 9 heteroatoms. The van der Waals surface area contributed by atoms with E-state index in [0.717, 1.165) is 0 Å². The molecule has 2 fully saturated rings. The molecular weight excluding hydrogens is 249 g/mol. The fourth-order valence-corrected chi connectivity index (χ4v) is 2.92. The largest absolute Gasteiger partial charge is 0.511 e. The minimum absolute atomic E-state index is 0.0408. The molecular formula is C7H11F3N2O3S. The van der Waals surface area contributed by atoms with Gasteiger partial charge in [0, 0.05) is 18.6 Å². The van der Waals surface area contributed by atoms with Gasteiger partial charge in [-0.25, -0.2) is 13.1 Å². The normalized spacial score (nSPS) is 39.2. The van der Waals surface area contributed by atoms with Crippen LogP contribution in [0.3, 0.4) is 0 Å². The number of ether oxygens (including phenoxy) is 1. The van der Waals surface area contributed by atoms with Gasteiger partial charge in [0.05, 0.1) is 12.1 Å². The summed E-state index contributed by atoms with van der Waals surface area (Å²) in [5.74, 6) is -0.0408. The highest BCUT2D eigenvalue weighted by molar-refractivity contribution is 7.90. The van der Waals surface area contributed by atoms with E-state index < -0.39 is 33.7 Å². The van der Waals surface area contributed by atoms with E-state index in [4.69, 9.17) is 10.5 Å². The topological polar surface area (TPSA) is 81.4 Å². The van der Waals surface area contributed by atoms with Gasteiger partial charge in [-0.3, -0.25) is 0 Å². The molecule has 0 amide bonds. The molecule has 0 aromatic carbocycles. The maximum absolute atomic E-state index is 12.1. The Morgan fingerprint density at radius 1 is 1.38 bits per heavy atom. The maximum Gasteiger partial charge on any atom is 0.511 e. The van der Waals surface area contributed by atoms with Gasteiger partial charge in [0.15, 0.2) is 0 Å². The average Bonchev–Trinajstić information content (AvgIpc) is 2.56. The van der Waals surface area contributed by atoms with Crippen LogP contribution in [0.4, 0.5) is 13.2 Å². The second-order valence-corrected chi connectivity index (χ2v) is 5.66. The summed E-state index contributed by atoms with van der Waals surface area (Å²) >= 11 is 0. The smallest absolute Gasteiger partial charge is 0.376 e. The van der Waals surface area contributed by atoms with E-state index in [1.165, 1.54) is 0 Å². The highest BCUT2D eigenvalue weighted by atomic mass is 32.2. The first kappa shape index (κ1) is 12.1. The predicted octanol–water partition coefficient (Wildman–Crippen LogP) is -0.460. The molecule has 1 saturated heterocycles. The highest BCUT2D eigenvalue weighted by Gasteiger charge is 2.57. The van der Waals surface area contributed by atoms with Crippen molar-refractivity contribution in [3.05, 3.63) is 0 Å². The third kappa shape index (κ3) is 1.71. The summed E-state index contributed by atoms with van der Waals surface area (Å²) in [5, 5.41) is 0. The van der Waals surface area contributed by atoms with Crippen molar-refractivity contribution in [2.45, 2.75) is 30.1 Å². The molecule has 0 spiro atoms. The molecule has 4 unspecified atom stereocenters. The summed E-state index contributed by atoms with van der Waals surface area (Å²) in [6.07, 6.45) is 0.142. The van der Waals surface area contributed by atoms with Crippen LogP contribution in [-0.2, 0) is 14.8 Å². The number of sulfonamides is 1. The number of fused-ring (bicyclic) bond motifs is 1. The summed E-state index contributed by atoms with van der Waals surface area (Å²) in [6, 6.07) is -1.58. The van der Waals surface area contributed by atoms with Gasteiger partial charge in [-0.2, -0.15) is 13.2 Å². The zero-order chi connectivity index (χ0) is 12.1. The first-order valence-electron chi connectivity index (χ1n) is 4.70. The third-order valence-electron chi connectivity index (χ3n) is 3.04. The molecule has 1 aliphatic carbocycles. The fraction of sp³-hybridized carbons (Fsp3) is 1.00. The number of halogens is 3. The minimum Gasteiger partial charge on any atom is -0.376 e. The van der Waals surface area contributed by atoms with E-state index in [1.807, 2.05) is 0 Å². The second-order valence-electron chi connectivity index (χ2n) is 3.96. The van der Waals surface area contributed by atoms with Crippen molar-refractivity contribution in [2.75, 3.05) is 6.61 Å². The van der Waals surface area contributed by atoms with Crippen LogP contribution in [0.25, 0.3) is 0 Å². The second kappa shape index (κ2) is 3.56. The van der Waals surface area contributed by atoms with Crippen LogP contribution in [0.5, 0.6) is 0 Å². The number of rotatable bonds is 2. The number of hydrogen-bond donors (Lipinski definition) is 2. The van der Waals surface area contributed by atoms with Crippen LogP contribution >= 0.6 is 0 Å². The molecule has 0 aromatic heterocycles. The molecule has 16 heavy (non-hydrogen) atoms. The zero-order valence-electron chi connectivity index (χ0n) is 8.07.